The number of hydrogen-bond acceptors (Lipinski definition) is 2. The number of benzene rings is 1. The van der Waals surface area contributed by atoms with Crippen molar-refractivity contribution in [2.45, 2.75) is 33.2 Å². The van der Waals surface area contributed by atoms with Crippen LogP contribution in [0.2, 0.25) is 0 Å². The topological polar surface area (TPSA) is 66.6 Å². The number of primary amides is 1. The first-order valence-electron chi connectivity index (χ1n) is 7.90. The van der Waals surface area contributed by atoms with E-state index < -0.39 is 6.03 Å². The second-order valence-electron chi connectivity index (χ2n) is 5.90. The highest BCUT2D eigenvalue weighted by atomic mass is 16.2. The Morgan fingerprint density at radius 3 is 2.73 bits per heavy atom. The summed E-state index contributed by atoms with van der Waals surface area (Å²) in [6.45, 7) is 6.44. The predicted octanol–water partition coefficient (Wildman–Crippen LogP) is 2.13. The van der Waals surface area contributed by atoms with Crippen molar-refractivity contribution >= 4 is 11.9 Å². The lowest BCUT2D eigenvalue weighted by Crippen LogP contribution is -2.48. The van der Waals surface area contributed by atoms with Crippen LogP contribution in [0.25, 0.3) is 0 Å². The van der Waals surface area contributed by atoms with Crippen LogP contribution < -0.4 is 5.73 Å². The fraction of sp³-hybridized carbons (Fsp3) is 0.529. The number of urea groups is 1. The first-order chi connectivity index (χ1) is 10.5. The average molecular weight is 303 g/mol. The number of hydrogen-bond donors (Lipinski definition) is 1. The number of carbonyl (C=O) groups excluding carboxylic acids is 2. The van der Waals surface area contributed by atoms with Gasteiger partial charge in [0.2, 0.25) is 5.91 Å². The fourth-order valence-corrected chi connectivity index (χ4v) is 2.98. The Balaban J connectivity index is 2.05. The molecule has 1 aliphatic heterocycles. The minimum absolute atomic E-state index is 0.122. The van der Waals surface area contributed by atoms with Crippen molar-refractivity contribution in [1.82, 2.24) is 9.80 Å². The van der Waals surface area contributed by atoms with Crippen LogP contribution in [0, 0.1) is 12.8 Å². The molecule has 1 unspecified atom stereocenters. The second-order valence-corrected chi connectivity index (χ2v) is 5.90. The average Bonchev–Trinajstić information content (AvgIpc) is 2.53. The van der Waals surface area contributed by atoms with Gasteiger partial charge in [-0.15, -0.1) is 0 Å². The van der Waals surface area contributed by atoms with Crippen LogP contribution in [0.4, 0.5) is 4.79 Å². The van der Waals surface area contributed by atoms with Crippen molar-refractivity contribution < 1.29 is 9.59 Å². The van der Waals surface area contributed by atoms with E-state index in [1.807, 2.05) is 24.0 Å². The molecule has 1 saturated heterocycles. The zero-order valence-corrected chi connectivity index (χ0v) is 13.4. The van der Waals surface area contributed by atoms with Gasteiger partial charge in [-0.1, -0.05) is 24.3 Å². The van der Waals surface area contributed by atoms with E-state index in [0.29, 0.717) is 26.2 Å². The van der Waals surface area contributed by atoms with E-state index in [1.165, 1.54) is 11.1 Å². The Morgan fingerprint density at radius 1 is 1.36 bits per heavy atom. The number of likely N-dealkylation sites (tertiary alicyclic amines) is 1. The molecule has 0 saturated carbocycles. The summed E-state index contributed by atoms with van der Waals surface area (Å²) in [4.78, 5) is 27.5. The van der Waals surface area contributed by atoms with Gasteiger partial charge < -0.3 is 15.5 Å². The summed E-state index contributed by atoms with van der Waals surface area (Å²) >= 11 is 0. The molecular weight excluding hydrogens is 278 g/mol. The van der Waals surface area contributed by atoms with Crippen LogP contribution in [-0.2, 0) is 11.3 Å². The first-order valence-corrected chi connectivity index (χ1v) is 7.90. The molecule has 0 aliphatic carbocycles. The summed E-state index contributed by atoms with van der Waals surface area (Å²) in [7, 11) is 0. The predicted molar refractivity (Wildman–Crippen MR) is 86.2 cm³/mol. The van der Waals surface area contributed by atoms with E-state index in [9.17, 15) is 9.59 Å². The van der Waals surface area contributed by atoms with Crippen molar-refractivity contribution in [2.24, 2.45) is 11.7 Å². The van der Waals surface area contributed by atoms with E-state index >= 15 is 0 Å². The van der Waals surface area contributed by atoms with Crippen LogP contribution in [-0.4, -0.2) is 41.4 Å². The molecule has 2 rings (SSSR count). The molecule has 2 N–H and O–H groups in total. The highest BCUT2D eigenvalue weighted by Gasteiger charge is 2.30. The molecular formula is C17H25N3O2. The summed E-state index contributed by atoms with van der Waals surface area (Å²) in [5.41, 5.74) is 7.70. The van der Waals surface area contributed by atoms with Gasteiger partial charge in [0.1, 0.15) is 0 Å². The van der Waals surface area contributed by atoms with E-state index in [2.05, 4.69) is 19.1 Å². The molecule has 5 heteroatoms. The van der Waals surface area contributed by atoms with Gasteiger partial charge >= 0.3 is 6.03 Å². The molecule has 22 heavy (non-hydrogen) atoms. The SMILES string of the molecule is CCN(Cc1ccccc1C)C(=O)C1CCCN(C(N)=O)C1. The van der Waals surface area contributed by atoms with Crippen molar-refractivity contribution in [1.29, 1.82) is 0 Å². The number of nitrogens with two attached hydrogens (primary N) is 1. The van der Waals surface area contributed by atoms with Crippen LogP contribution in [0.5, 0.6) is 0 Å². The van der Waals surface area contributed by atoms with Gasteiger partial charge in [-0.2, -0.15) is 0 Å². The normalized spacial score (nSPS) is 18.1. The molecule has 1 aromatic rings. The third-order valence-electron chi connectivity index (χ3n) is 4.40. The van der Waals surface area contributed by atoms with Gasteiger partial charge in [-0.05, 0) is 37.8 Å². The van der Waals surface area contributed by atoms with Crippen LogP contribution >= 0.6 is 0 Å². The van der Waals surface area contributed by atoms with Crippen LogP contribution in [0.15, 0.2) is 24.3 Å². The number of aryl methyl sites for hydroxylation is 1. The molecule has 3 amide bonds. The maximum Gasteiger partial charge on any atom is 0.314 e. The van der Waals surface area contributed by atoms with Gasteiger partial charge in [-0.3, -0.25) is 4.79 Å². The standard InChI is InChI=1S/C17H25N3O2/c1-3-19(11-14-8-5-4-7-13(14)2)16(21)15-9-6-10-20(12-15)17(18)22/h4-5,7-8,15H,3,6,9-12H2,1-2H3,(H2,18,22). The summed E-state index contributed by atoms with van der Waals surface area (Å²) < 4.78 is 0. The lowest BCUT2D eigenvalue weighted by molar-refractivity contribution is -0.137. The number of amides is 3. The summed E-state index contributed by atoms with van der Waals surface area (Å²) in [5.74, 6) is -0.0121. The van der Waals surface area contributed by atoms with E-state index in [1.54, 1.807) is 4.90 Å². The van der Waals surface area contributed by atoms with Crippen molar-refractivity contribution in [3.63, 3.8) is 0 Å². The van der Waals surface area contributed by atoms with Crippen molar-refractivity contribution in [3.05, 3.63) is 35.4 Å². The van der Waals surface area contributed by atoms with E-state index in [0.717, 1.165) is 12.8 Å². The molecule has 1 atom stereocenters. The lowest BCUT2D eigenvalue weighted by atomic mass is 9.96. The van der Waals surface area contributed by atoms with E-state index in [-0.39, 0.29) is 11.8 Å². The fourth-order valence-electron chi connectivity index (χ4n) is 2.98. The van der Waals surface area contributed by atoms with Crippen molar-refractivity contribution in [3.8, 4) is 0 Å². The van der Waals surface area contributed by atoms with Gasteiger partial charge in [-0.25, -0.2) is 4.79 Å². The third-order valence-corrected chi connectivity index (χ3v) is 4.40. The van der Waals surface area contributed by atoms with Crippen molar-refractivity contribution in [2.75, 3.05) is 19.6 Å². The minimum atomic E-state index is -0.431. The molecule has 1 fully saturated rings. The summed E-state index contributed by atoms with van der Waals surface area (Å²) in [5, 5.41) is 0. The molecule has 0 aromatic heterocycles. The lowest BCUT2D eigenvalue weighted by Gasteiger charge is -2.34. The minimum Gasteiger partial charge on any atom is -0.351 e. The monoisotopic (exact) mass is 303 g/mol. The highest BCUT2D eigenvalue weighted by molar-refractivity contribution is 5.80. The summed E-state index contributed by atoms with van der Waals surface area (Å²) in [6.07, 6.45) is 1.66. The Morgan fingerprint density at radius 2 is 2.09 bits per heavy atom. The summed E-state index contributed by atoms with van der Waals surface area (Å²) in [6, 6.07) is 7.68. The van der Waals surface area contributed by atoms with E-state index in [4.69, 9.17) is 5.73 Å². The maximum atomic E-state index is 12.8. The first kappa shape index (κ1) is 16.3. The molecule has 120 valence electrons. The molecule has 1 aromatic carbocycles. The van der Waals surface area contributed by atoms with Gasteiger partial charge in [0.05, 0.1) is 5.92 Å². The Bertz CT molecular complexity index is 544. The Kier molecular flexibility index (Phi) is 5.41. The van der Waals surface area contributed by atoms with Gasteiger partial charge in [0.15, 0.2) is 0 Å². The molecule has 1 aliphatic rings. The molecule has 5 nitrogen and oxygen atoms in total. The van der Waals surface area contributed by atoms with Crippen LogP contribution in [0.3, 0.4) is 0 Å². The number of nitrogens with zero attached hydrogens (tertiary/aromatic N) is 2. The molecule has 0 radical (unpaired) electrons. The zero-order valence-electron chi connectivity index (χ0n) is 13.4. The molecule has 0 bridgehead atoms. The zero-order chi connectivity index (χ0) is 16.1. The quantitative estimate of drug-likeness (QED) is 0.926. The number of carbonyl (C=O) groups is 2. The molecule has 1 heterocycles. The third kappa shape index (κ3) is 3.78. The number of piperidine rings is 1. The van der Waals surface area contributed by atoms with Gasteiger partial charge in [0, 0.05) is 26.2 Å². The number of rotatable bonds is 4. The second kappa shape index (κ2) is 7.29. The van der Waals surface area contributed by atoms with Crippen LogP contribution in [0.1, 0.15) is 30.9 Å². The Hall–Kier alpha value is -2.04. The Labute approximate surface area is 132 Å². The maximum absolute atomic E-state index is 12.8. The van der Waals surface area contributed by atoms with Gasteiger partial charge in [0.25, 0.3) is 0 Å². The molecule has 0 spiro atoms. The largest absolute Gasteiger partial charge is 0.351 e. The smallest absolute Gasteiger partial charge is 0.314 e. The highest BCUT2D eigenvalue weighted by Crippen LogP contribution is 2.20.